The van der Waals surface area contributed by atoms with Gasteiger partial charge < -0.3 is 9.97 Å². The monoisotopic (exact) mass is 275 g/mol. The lowest BCUT2D eigenvalue weighted by Crippen LogP contribution is -1.91. The highest BCUT2D eigenvalue weighted by Crippen LogP contribution is 2.18. The fourth-order valence-electron chi connectivity index (χ4n) is 2.35. The van der Waals surface area contributed by atoms with Gasteiger partial charge in [-0.2, -0.15) is 0 Å². The number of hydrogen-bond acceptors (Lipinski definition) is 3. The molecule has 0 unspecified atom stereocenters. The summed E-state index contributed by atoms with van der Waals surface area (Å²) in [6.45, 7) is 0. The van der Waals surface area contributed by atoms with Gasteiger partial charge in [-0.15, -0.1) is 0 Å². The third-order valence-electron chi connectivity index (χ3n) is 3.38. The second-order valence-corrected chi connectivity index (χ2v) is 4.84. The second kappa shape index (κ2) is 4.86. The van der Waals surface area contributed by atoms with E-state index < -0.39 is 0 Å². The zero-order valence-electron chi connectivity index (χ0n) is 11.2. The minimum Gasteiger partial charge on any atom is -0.348 e. The van der Waals surface area contributed by atoms with Crippen LogP contribution >= 0.6 is 0 Å². The van der Waals surface area contributed by atoms with Crippen molar-refractivity contribution in [3.8, 4) is 11.5 Å². The van der Waals surface area contributed by atoms with Crippen LogP contribution in [0.25, 0.3) is 22.4 Å². The highest BCUT2D eigenvalue weighted by molar-refractivity contribution is 5.80. The lowest BCUT2D eigenvalue weighted by molar-refractivity contribution is 0.991. The van der Waals surface area contributed by atoms with Crippen LogP contribution in [-0.4, -0.2) is 24.9 Å². The Balaban J connectivity index is 1.67. The van der Waals surface area contributed by atoms with E-state index in [-0.39, 0.29) is 0 Å². The molecule has 0 bridgehead atoms. The molecule has 0 radical (unpaired) electrons. The molecule has 0 spiro atoms. The van der Waals surface area contributed by atoms with Gasteiger partial charge in [0.25, 0.3) is 0 Å². The van der Waals surface area contributed by atoms with Crippen molar-refractivity contribution in [2.45, 2.75) is 6.42 Å². The van der Waals surface area contributed by atoms with Crippen molar-refractivity contribution in [2.24, 2.45) is 0 Å². The third kappa shape index (κ3) is 2.29. The Morgan fingerprint density at radius 1 is 0.952 bits per heavy atom. The van der Waals surface area contributed by atoms with Crippen molar-refractivity contribution in [2.75, 3.05) is 0 Å². The summed E-state index contributed by atoms with van der Waals surface area (Å²) in [5.41, 5.74) is 2.76. The lowest BCUT2D eigenvalue weighted by atomic mass is 10.2. The number of pyridine rings is 1. The maximum Gasteiger partial charge on any atom is 0.156 e. The molecule has 0 saturated carbocycles. The summed E-state index contributed by atoms with van der Waals surface area (Å²) in [6, 6.07) is 12.1. The zero-order chi connectivity index (χ0) is 14.1. The number of para-hydroxylation sites is 1. The predicted octanol–water partition coefficient (Wildman–Crippen LogP) is 2.94. The number of nitrogens with zero attached hydrogens (tertiary/aromatic N) is 3. The molecular weight excluding hydrogens is 262 g/mol. The summed E-state index contributed by atoms with van der Waals surface area (Å²) < 4.78 is 0. The Morgan fingerprint density at radius 3 is 2.81 bits per heavy atom. The van der Waals surface area contributed by atoms with E-state index >= 15 is 0 Å². The molecule has 21 heavy (non-hydrogen) atoms. The summed E-state index contributed by atoms with van der Waals surface area (Å²) in [6.07, 6.45) is 6.13. The highest BCUT2D eigenvalue weighted by atomic mass is 15.0. The normalized spacial score (nSPS) is 11.0. The van der Waals surface area contributed by atoms with E-state index in [1.807, 2.05) is 36.7 Å². The van der Waals surface area contributed by atoms with E-state index in [1.54, 1.807) is 6.20 Å². The molecular formula is C16H13N5. The molecule has 3 aromatic heterocycles. The maximum atomic E-state index is 4.64. The van der Waals surface area contributed by atoms with Gasteiger partial charge in [0.05, 0.1) is 11.2 Å². The summed E-state index contributed by atoms with van der Waals surface area (Å²) in [4.78, 5) is 19.7. The van der Waals surface area contributed by atoms with Crippen LogP contribution in [0.5, 0.6) is 0 Å². The first-order chi connectivity index (χ1) is 10.4. The van der Waals surface area contributed by atoms with Crippen molar-refractivity contribution >= 4 is 10.9 Å². The molecule has 5 nitrogen and oxygen atoms in total. The van der Waals surface area contributed by atoms with Crippen LogP contribution in [0, 0.1) is 0 Å². The van der Waals surface area contributed by atoms with Gasteiger partial charge in [-0.3, -0.25) is 0 Å². The lowest BCUT2D eigenvalue weighted by Gasteiger charge is -1.99. The predicted molar refractivity (Wildman–Crippen MR) is 80.7 cm³/mol. The van der Waals surface area contributed by atoms with Crippen molar-refractivity contribution in [3.05, 3.63) is 66.5 Å². The quantitative estimate of drug-likeness (QED) is 0.604. The highest BCUT2D eigenvalue weighted by Gasteiger charge is 2.07. The Morgan fingerprint density at radius 2 is 1.90 bits per heavy atom. The van der Waals surface area contributed by atoms with E-state index in [9.17, 15) is 0 Å². The average molecular weight is 275 g/mol. The number of H-pyrrole nitrogens is 2. The molecule has 0 aliphatic heterocycles. The van der Waals surface area contributed by atoms with Gasteiger partial charge >= 0.3 is 0 Å². The zero-order valence-corrected chi connectivity index (χ0v) is 11.2. The molecule has 102 valence electrons. The van der Waals surface area contributed by atoms with Crippen LogP contribution in [0.1, 0.15) is 11.5 Å². The van der Waals surface area contributed by atoms with Crippen LogP contribution < -0.4 is 0 Å². The summed E-state index contributed by atoms with van der Waals surface area (Å²) in [7, 11) is 0. The smallest absolute Gasteiger partial charge is 0.156 e. The van der Waals surface area contributed by atoms with Crippen LogP contribution in [0.3, 0.4) is 0 Å². The maximum absolute atomic E-state index is 4.64. The Kier molecular flexibility index (Phi) is 2.74. The third-order valence-corrected chi connectivity index (χ3v) is 3.38. The molecule has 0 saturated heterocycles. The molecule has 0 fully saturated rings. The fraction of sp³-hybridized carbons (Fsp3) is 0.0625. The number of hydrogen-bond donors (Lipinski definition) is 2. The standard InChI is InChI=1S/C16H13N5/c1-2-4-13-11(3-1)5-6-14(21-13)16-19-10-12(20-16)9-15-17-7-8-18-15/h1-8,10H,9H2,(H,17,18)(H,19,20). The minimum absolute atomic E-state index is 0.678. The molecule has 4 aromatic rings. The molecule has 5 heteroatoms. The van der Waals surface area contributed by atoms with Crippen molar-refractivity contribution in [3.63, 3.8) is 0 Å². The number of aromatic amines is 2. The summed E-state index contributed by atoms with van der Waals surface area (Å²) in [5, 5.41) is 1.13. The van der Waals surface area contributed by atoms with Gasteiger partial charge in [0.1, 0.15) is 11.5 Å². The van der Waals surface area contributed by atoms with Crippen LogP contribution in [0.15, 0.2) is 55.0 Å². The Bertz CT molecular complexity index is 876. The summed E-state index contributed by atoms with van der Waals surface area (Å²) in [5.74, 6) is 1.68. The van der Waals surface area contributed by atoms with Gasteiger partial charge in [-0.1, -0.05) is 24.3 Å². The van der Waals surface area contributed by atoms with Gasteiger partial charge in [0, 0.05) is 30.4 Å². The van der Waals surface area contributed by atoms with Gasteiger partial charge in [0.2, 0.25) is 0 Å². The number of fused-ring (bicyclic) bond motifs is 1. The molecule has 0 amide bonds. The van der Waals surface area contributed by atoms with Crippen molar-refractivity contribution in [1.29, 1.82) is 0 Å². The Labute approximate surface area is 121 Å². The summed E-state index contributed by atoms with van der Waals surface area (Å²) >= 11 is 0. The van der Waals surface area contributed by atoms with Crippen molar-refractivity contribution < 1.29 is 0 Å². The topological polar surface area (TPSA) is 70.2 Å². The number of nitrogens with one attached hydrogen (secondary N) is 2. The largest absolute Gasteiger partial charge is 0.348 e. The second-order valence-electron chi connectivity index (χ2n) is 4.84. The molecule has 2 N–H and O–H groups in total. The molecule has 0 atom stereocenters. The van der Waals surface area contributed by atoms with Gasteiger partial charge in [-0.25, -0.2) is 15.0 Å². The number of aromatic nitrogens is 5. The van der Waals surface area contributed by atoms with Gasteiger partial charge in [-0.05, 0) is 12.1 Å². The fourth-order valence-corrected chi connectivity index (χ4v) is 2.35. The SMILES string of the molecule is c1ccc2nc(-c3nc(Cc4ncc[nH]4)c[nH]3)ccc2c1. The molecule has 0 aliphatic carbocycles. The number of imidazole rings is 2. The first-order valence-electron chi connectivity index (χ1n) is 6.77. The molecule has 1 aromatic carbocycles. The van der Waals surface area contributed by atoms with Crippen LogP contribution in [0.2, 0.25) is 0 Å². The molecule has 0 aliphatic rings. The minimum atomic E-state index is 0.678. The Hall–Kier alpha value is -2.95. The number of rotatable bonds is 3. The molecule has 4 rings (SSSR count). The van der Waals surface area contributed by atoms with E-state index in [0.29, 0.717) is 6.42 Å². The van der Waals surface area contributed by atoms with Crippen molar-refractivity contribution in [1.82, 2.24) is 24.9 Å². The first-order valence-corrected chi connectivity index (χ1v) is 6.77. The average Bonchev–Trinajstić information content (AvgIpc) is 3.19. The first kappa shape index (κ1) is 11.8. The molecule has 3 heterocycles. The van der Waals surface area contributed by atoms with E-state index in [4.69, 9.17) is 0 Å². The van der Waals surface area contributed by atoms with Gasteiger partial charge in [0.15, 0.2) is 5.82 Å². The van der Waals surface area contributed by atoms with Crippen LogP contribution in [0.4, 0.5) is 0 Å². The van der Waals surface area contributed by atoms with E-state index in [1.165, 1.54) is 0 Å². The van der Waals surface area contributed by atoms with E-state index in [0.717, 1.165) is 33.9 Å². The number of benzene rings is 1. The van der Waals surface area contributed by atoms with Crippen LogP contribution in [-0.2, 0) is 6.42 Å². The van der Waals surface area contributed by atoms with E-state index in [2.05, 4.69) is 37.1 Å².